The van der Waals surface area contributed by atoms with E-state index >= 15 is 0 Å². The van der Waals surface area contributed by atoms with Crippen molar-refractivity contribution in [2.24, 2.45) is 11.8 Å². The van der Waals surface area contributed by atoms with Crippen LogP contribution in [0, 0.1) is 25.7 Å². The molecule has 188 valence electrons. The zero-order valence-corrected chi connectivity index (χ0v) is 23.6. The third-order valence-corrected chi connectivity index (χ3v) is 12.4. The van der Waals surface area contributed by atoms with Gasteiger partial charge in [-0.2, -0.15) is 0 Å². The number of hydrogen-bond acceptors (Lipinski definition) is 4. The van der Waals surface area contributed by atoms with Crippen LogP contribution in [0.1, 0.15) is 11.1 Å². The molecule has 0 aliphatic carbocycles. The molecule has 1 heterocycles. The van der Waals surface area contributed by atoms with Crippen LogP contribution >= 0.6 is 0 Å². The van der Waals surface area contributed by atoms with Crippen molar-refractivity contribution in [2.75, 3.05) is 13.1 Å². The Balaban J connectivity index is 1.69. The average molecular weight is 587 g/mol. The summed E-state index contributed by atoms with van der Waals surface area (Å²) in [5.74, 6) is -0.965. The standard InChI is InChI=1S/C28H29NO4S2Se/c1-20-10-14-24(15-11-20)34(30,31)22(3)27-18-29(35(32,33)25-16-12-21(2)13-17-25)19-28(27)23(4)36-26-8-6-5-7-9-26/h5-17,27-28H,3-4,18-19H2,1-2H3/t27-,28-/m0/s1. The van der Waals surface area contributed by atoms with E-state index < -0.39 is 25.8 Å². The number of sulfone groups is 1. The first-order valence-corrected chi connectivity index (χ1v) is 16.1. The molecule has 0 amide bonds. The average Bonchev–Trinajstić information content (AvgIpc) is 3.31. The number of hydrogen-bond donors (Lipinski definition) is 0. The van der Waals surface area contributed by atoms with Crippen molar-refractivity contribution in [1.82, 2.24) is 4.31 Å². The van der Waals surface area contributed by atoms with E-state index in [0.717, 1.165) is 20.1 Å². The normalized spacial score (nSPS) is 18.7. The Hall–Kier alpha value is -2.48. The van der Waals surface area contributed by atoms with E-state index in [-0.39, 0.29) is 48.7 Å². The first-order valence-electron chi connectivity index (χ1n) is 11.5. The fourth-order valence-corrected chi connectivity index (χ4v) is 9.25. The van der Waals surface area contributed by atoms with Gasteiger partial charge >= 0.3 is 222 Å². The minimum absolute atomic E-state index is 0.0305. The van der Waals surface area contributed by atoms with Gasteiger partial charge < -0.3 is 0 Å². The van der Waals surface area contributed by atoms with Gasteiger partial charge in [0.15, 0.2) is 0 Å². The molecule has 3 aromatic rings. The van der Waals surface area contributed by atoms with Crippen molar-refractivity contribution in [3.63, 3.8) is 0 Å². The summed E-state index contributed by atoms with van der Waals surface area (Å²) in [5.41, 5.74) is 1.91. The van der Waals surface area contributed by atoms with Gasteiger partial charge in [-0.3, -0.25) is 0 Å². The maximum atomic E-state index is 13.5. The summed E-state index contributed by atoms with van der Waals surface area (Å²) in [4.78, 5) is 0.387. The van der Waals surface area contributed by atoms with Crippen LogP contribution in [-0.2, 0) is 19.9 Å². The predicted octanol–water partition coefficient (Wildman–Crippen LogP) is 4.07. The van der Waals surface area contributed by atoms with Crippen LogP contribution in [0.4, 0.5) is 0 Å². The van der Waals surface area contributed by atoms with E-state index in [1.165, 1.54) is 4.31 Å². The molecule has 0 bridgehead atoms. The molecule has 1 saturated heterocycles. The Labute approximate surface area is 220 Å². The van der Waals surface area contributed by atoms with Crippen LogP contribution in [0.5, 0.6) is 0 Å². The fraction of sp³-hybridized carbons (Fsp3) is 0.214. The third-order valence-electron chi connectivity index (χ3n) is 6.44. The molecule has 4 rings (SSSR count). The molecule has 0 unspecified atom stereocenters. The van der Waals surface area contributed by atoms with E-state index in [1.54, 1.807) is 48.5 Å². The number of aryl methyl sites for hydroxylation is 2. The maximum absolute atomic E-state index is 13.5. The van der Waals surface area contributed by atoms with E-state index in [4.69, 9.17) is 0 Å². The van der Waals surface area contributed by atoms with Gasteiger partial charge in [0, 0.05) is 0 Å². The summed E-state index contributed by atoms with van der Waals surface area (Å²) in [6, 6.07) is 23.2. The minimum atomic E-state index is -3.87. The zero-order valence-electron chi connectivity index (χ0n) is 20.3. The van der Waals surface area contributed by atoms with Crippen molar-refractivity contribution in [3.8, 4) is 0 Å². The summed E-state index contributed by atoms with van der Waals surface area (Å²) in [7, 11) is -7.68. The van der Waals surface area contributed by atoms with Crippen molar-refractivity contribution in [1.29, 1.82) is 0 Å². The molecule has 1 fully saturated rings. The SMILES string of the molecule is C=C([Se]c1ccccc1)[C@@H]1CN(S(=O)(=O)c2ccc(C)cc2)C[C@H]1C(=C)S(=O)(=O)c1ccc(C)cc1. The summed E-state index contributed by atoms with van der Waals surface area (Å²) < 4.78 is 57.4. The monoisotopic (exact) mass is 587 g/mol. The predicted molar refractivity (Wildman–Crippen MR) is 145 cm³/mol. The second-order valence-electron chi connectivity index (χ2n) is 9.01. The number of nitrogens with zero attached hydrogens (tertiary/aromatic N) is 1. The van der Waals surface area contributed by atoms with E-state index in [2.05, 4.69) is 13.2 Å². The fourth-order valence-electron chi connectivity index (χ4n) is 4.26. The molecule has 5 nitrogen and oxygen atoms in total. The first-order chi connectivity index (χ1) is 17.0. The molecule has 1 aliphatic heterocycles. The molecule has 36 heavy (non-hydrogen) atoms. The van der Waals surface area contributed by atoms with Gasteiger partial charge in [0.1, 0.15) is 0 Å². The van der Waals surface area contributed by atoms with Crippen LogP contribution in [0.25, 0.3) is 0 Å². The number of rotatable bonds is 8. The Morgan fingerprint density at radius 2 is 1.25 bits per heavy atom. The van der Waals surface area contributed by atoms with Crippen molar-refractivity contribution < 1.29 is 16.8 Å². The molecule has 3 aromatic carbocycles. The number of benzene rings is 3. The van der Waals surface area contributed by atoms with Crippen LogP contribution in [-0.4, -0.2) is 49.2 Å². The van der Waals surface area contributed by atoms with E-state index in [1.807, 2.05) is 44.2 Å². The topological polar surface area (TPSA) is 71.5 Å². The van der Waals surface area contributed by atoms with Gasteiger partial charge in [-0.15, -0.1) is 0 Å². The molecule has 2 atom stereocenters. The molecule has 0 saturated carbocycles. The zero-order chi connectivity index (χ0) is 26.1. The molecular weight excluding hydrogens is 557 g/mol. The first kappa shape index (κ1) is 26.6. The molecule has 0 aromatic heterocycles. The Morgan fingerprint density at radius 3 is 1.81 bits per heavy atom. The third kappa shape index (κ3) is 5.43. The molecule has 1 aliphatic rings. The van der Waals surface area contributed by atoms with Crippen molar-refractivity contribution in [2.45, 2.75) is 23.6 Å². The second kappa shape index (κ2) is 10.5. The number of sulfonamides is 1. The van der Waals surface area contributed by atoms with E-state index in [9.17, 15) is 16.8 Å². The van der Waals surface area contributed by atoms with Crippen LogP contribution in [0.3, 0.4) is 0 Å². The quantitative estimate of drug-likeness (QED) is 0.373. The van der Waals surface area contributed by atoms with Gasteiger partial charge in [0.05, 0.1) is 0 Å². The summed E-state index contributed by atoms with van der Waals surface area (Å²) in [5, 5.41) is 0. The Morgan fingerprint density at radius 1 is 0.750 bits per heavy atom. The molecule has 0 N–H and O–H groups in total. The Bertz CT molecular complexity index is 1480. The Kier molecular flexibility index (Phi) is 7.74. The summed E-state index contributed by atoms with van der Waals surface area (Å²) in [6.45, 7) is 12.3. The van der Waals surface area contributed by atoms with Crippen molar-refractivity contribution in [3.05, 3.63) is 113 Å². The van der Waals surface area contributed by atoms with Gasteiger partial charge in [-0.05, 0) is 0 Å². The van der Waals surface area contributed by atoms with Crippen molar-refractivity contribution >= 4 is 39.3 Å². The molecular formula is C28H29NO4S2Se. The molecule has 0 radical (unpaired) electrons. The van der Waals surface area contributed by atoms with Crippen LogP contribution in [0.15, 0.2) is 111 Å². The van der Waals surface area contributed by atoms with E-state index in [0.29, 0.717) is 0 Å². The van der Waals surface area contributed by atoms with Gasteiger partial charge in [-0.25, -0.2) is 0 Å². The second-order valence-corrected chi connectivity index (χ2v) is 15.5. The van der Waals surface area contributed by atoms with Crippen LogP contribution < -0.4 is 4.46 Å². The summed E-state index contributed by atoms with van der Waals surface area (Å²) >= 11 is -0.151. The van der Waals surface area contributed by atoms with Crippen LogP contribution in [0.2, 0.25) is 0 Å². The summed E-state index contributed by atoms with van der Waals surface area (Å²) in [6.07, 6.45) is 0. The van der Waals surface area contributed by atoms with Gasteiger partial charge in [0.25, 0.3) is 0 Å². The van der Waals surface area contributed by atoms with Gasteiger partial charge in [0.2, 0.25) is 0 Å². The molecule has 0 spiro atoms. The molecule has 8 heteroatoms. The van der Waals surface area contributed by atoms with Gasteiger partial charge in [-0.1, -0.05) is 0 Å².